The van der Waals surface area contributed by atoms with E-state index in [1.165, 1.54) is 16.7 Å². The van der Waals surface area contributed by atoms with Gasteiger partial charge in [-0.2, -0.15) is 0 Å². The van der Waals surface area contributed by atoms with Gasteiger partial charge in [0.05, 0.1) is 26.4 Å². The first-order valence-corrected chi connectivity index (χ1v) is 7.60. The molecular weight excluding hydrogens is 260 g/mol. The van der Waals surface area contributed by atoms with Crippen LogP contribution in [-0.2, 0) is 16.1 Å². The van der Waals surface area contributed by atoms with Crippen molar-refractivity contribution < 1.29 is 9.47 Å². The summed E-state index contributed by atoms with van der Waals surface area (Å²) in [6, 6.07) is 10.3. The van der Waals surface area contributed by atoms with E-state index in [2.05, 4.69) is 43.4 Å². The summed E-state index contributed by atoms with van der Waals surface area (Å²) in [6.07, 6.45) is 9.09. The van der Waals surface area contributed by atoms with Gasteiger partial charge in [-0.25, -0.2) is 0 Å². The van der Waals surface area contributed by atoms with E-state index in [4.69, 9.17) is 9.47 Å². The smallest absolute Gasteiger partial charge is 0.0721 e. The lowest BCUT2D eigenvalue weighted by Crippen LogP contribution is -2.05. The number of ether oxygens (including phenoxy) is 2. The Morgan fingerprint density at radius 2 is 2.00 bits per heavy atom. The molecule has 1 saturated heterocycles. The van der Waals surface area contributed by atoms with Gasteiger partial charge in [0.25, 0.3) is 0 Å². The largest absolute Gasteiger partial charge is 0.376 e. The molecule has 0 amide bonds. The third-order valence-corrected chi connectivity index (χ3v) is 3.92. The molecule has 110 valence electrons. The Labute approximate surface area is 126 Å². The fraction of sp³-hybridized carbons (Fsp3) is 0.368. The van der Waals surface area contributed by atoms with Crippen LogP contribution in [0.2, 0.25) is 0 Å². The second-order valence-electron chi connectivity index (χ2n) is 5.80. The Morgan fingerprint density at radius 3 is 2.86 bits per heavy atom. The molecule has 2 atom stereocenters. The average Bonchev–Trinajstić information content (AvgIpc) is 2.91. The van der Waals surface area contributed by atoms with Gasteiger partial charge in [-0.3, -0.25) is 0 Å². The van der Waals surface area contributed by atoms with Crippen LogP contribution in [-0.4, -0.2) is 19.8 Å². The fourth-order valence-corrected chi connectivity index (χ4v) is 2.79. The zero-order valence-electron chi connectivity index (χ0n) is 12.5. The van der Waals surface area contributed by atoms with Crippen LogP contribution < -0.4 is 0 Å². The van der Waals surface area contributed by atoms with E-state index in [0.29, 0.717) is 25.0 Å². The SMILES string of the molecule is C[C@@H]1C=C[C@@H]2COC/C2=C/C(COCc2ccccc2)=C\1. The highest BCUT2D eigenvalue weighted by Gasteiger charge is 2.20. The van der Waals surface area contributed by atoms with Crippen LogP contribution in [0, 0.1) is 11.8 Å². The van der Waals surface area contributed by atoms with Gasteiger partial charge in [0, 0.05) is 5.92 Å². The molecule has 1 aromatic carbocycles. The molecule has 0 aromatic heterocycles. The lowest BCUT2D eigenvalue weighted by atomic mass is 9.94. The first kappa shape index (κ1) is 14.3. The van der Waals surface area contributed by atoms with E-state index in [1.54, 1.807) is 0 Å². The Bertz CT molecular complexity index is 554. The number of hydrogen-bond donors (Lipinski definition) is 0. The Morgan fingerprint density at radius 1 is 1.14 bits per heavy atom. The van der Waals surface area contributed by atoms with Gasteiger partial charge in [0.15, 0.2) is 0 Å². The molecule has 2 heteroatoms. The number of hydrogen-bond acceptors (Lipinski definition) is 2. The number of benzene rings is 1. The molecule has 0 saturated carbocycles. The third-order valence-electron chi connectivity index (χ3n) is 3.92. The maximum atomic E-state index is 5.87. The lowest BCUT2D eigenvalue weighted by Gasteiger charge is -2.13. The Hall–Kier alpha value is -1.64. The average molecular weight is 282 g/mol. The van der Waals surface area contributed by atoms with Crippen molar-refractivity contribution in [3.05, 3.63) is 71.3 Å². The van der Waals surface area contributed by atoms with E-state index in [1.807, 2.05) is 18.2 Å². The standard InChI is InChI=1S/C19H22O2/c1-15-7-8-18-13-21-14-19(18)10-17(9-15)12-20-11-16-5-3-2-4-6-16/h2-10,15,18H,11-14H2,1H3/b8-7?,17-9+,19-10-/t15-,18-/m1/s1. The summed E-state index contributed by atoms with van der Waals surface area (Å²) < 4.78 is 11.4. The van der Waals surface area contributed by atoms with E-state index < -0.39 is 0 Å². The van der Waals surface area contributed by atoms with Crippen molar-refractivity contribution in [3.63, 3.8) is 0 Å². The molecule has 0 N–H and O–H groups in total. The van der Waals surface area contributed by atoms with Crippen molar-refractivity contribution in [2.24, 2.45) is 11.8 Å². The molecule has 3 rings (SSSR count). The van der Waals surface area contributed by atoms with Crippen LogP contribution in [0.15, 0.2) is 65.8 Å². The van der Waals surface area contributed by atoms with Crippen LogP contribution >= 0.6 is 0 Å². The quantitative estimate of drug-likeness (QED) is 0.780. The molecule has 1 aliphatic carbocycles. The minimum atomic E-state index is 0.443. The monoisotopic (exact) mass is 282 g/mol. The summed E-state index contributed by atoms with van der Waals surface area (Å²) >= 11 is 0. The zero-order valence-corrected chi connectivity index (χ0v) is 12.5. The van der Waals surface area contributed by atoms with Crippen LogP contribution in [0.3, 0.4) is 0 Å². The van der Waals surface area contributed by atoms with Gasteiger partial charge in [0.1, 0.15) is 0 Å². The van der Waals surface area contributed by atoms with Crippen molar-refractivity contribution in [1.29, 1.82) is 0 Å². The molecular formula is C19H22O2. The van der Waals surface area contributed by atoms with E-state index >= 15 is 0 Å². The van der Waals surface area contributed by atoms with E-state index in [-0.39, 0.29) is 0 Å². The highest BCUT2D eigenvalue weighted by atomic mass is 16.5. The molecule has 0 unspecified atom stereocenters. The highest BCUT2D eigenvalue weighted by Crippen LogP contribution is 2.26. The number of rotatable bonds is 4. The zero-order chi connectivity index (χ0) is 14.5. The second kappa shape index (κ2) is 6.88. The van der Waals surface area contributed by atoms with Crippen molar-refractivity contribution in [1.82, 2.24) is 0 Å². The summed E-state index contributed by atoms with van der Waals surface area (Å²) in [5, 5.41) is 0. The molecule has 0 bridgehead atoms. The first-order valence-electron chi connectivity index (χ1n) is 7.60. The molecule has 2 nitrogen and oxygen atoms in total. The van der Waals surface area contributed by atoms with E-state index in [0.717, 1.165) is 13.2 Å². The van der Waals surface area contributed by atoms with Crippen LogP contribution in [0.5, 0.6) is 0 Å². The summed E-state index contributed by atoms with van der Waals surface area (Å²) in [7, 11) is 0. The summed E-state index contributed by atoms with van der Waals surface area (Å²) in [5.41, 5.74) is 3.84. The fourth-order valence-electron chi connectivity index (χ4n) is 2.79. The minimum absolute atomic E-state index is 0.443. The normalized spacial score (nSPS) is 29.8. The minimum Gasteiger partial charge on any atom is -0.376 e. The highest BCUT2D eigenvalue weighted by molar-refractivity contribution is 5.32. The number of fused-ring (bicyclic) bond motifs is 1. The topological polar surface area (TPSA) is 18.5 Å². The van der Waals surface area contributed by atoms with Crippen LogP contribution in [0.4, 0.5) is 0 Å². The molecule has 1 aliphatic heterocycles. The molecule has 0 radical (unpaired) electrons. The Kier molecular flexibility index (Phi) is 4.69. The molecule has 1 heterocycles. The maximum absolute atomic E-state index is 5.87. The third kappa shape index (κ3) is 3.93. The predicted octanol–water partition coefficient (Wildman–Crippen LogP) is 3.91. The molecule has 1 fully saturated rings. The van der Waals surface area contributed by atoms with Crippen molar-refractivity contribution in [3.8, 4) is 0 Å². The summed E-state index contributed by atoms with van der Waals surface area (Å²) in [4.78, 5) is 0. The van der Waals surface area contributed by atoms with Crippen molar-refractivity contribution in [2.45, 2.75) is 13.5 Å². The predicted molar refractivity (Wildman–Crippen MR) is 84.9 cm³/mol. The Balaban J connectivity index is 1.64. The molecule has 21 heavy (non-hydrogen) atoms. The van der Waals surface area contributed by atoms with E-state index in [9.17, 15) is 0 Å². The summed E-state index contributed by atoms with van der Waals surface area (Å²) in [5.74, 6) is 0.893. The van der Waals surface area contributed by atoms with Crippen LogP contribution in [0.25, 0.3) is 0 Å². The molecule has 0 spiro atoms. The van der Waals surface area contributed by atoms with Crippen molar-refractivity contribution >= 4 is 0 Å². The first-order chi connectivity index (χ1) is 10.3. The number of allylic oxidation sites excluding steroid dienone is 2. The van der Waals surface area contributed by atoms with Crippen molar-refractivity contribution in [2.75, 3.05) is 19.8 Å². The van der Waals surface area contributed by atoms with Gasteiger partial charge in [-0.15, -0.1) is 0 Å². The van der Waals surface area contributed by atoms with Gasteiger partial charge in [-0.1, -0.05) is 61.6 Å². The van der Waals surface area contributed by atoms with Crippen LogP contribution in [0.1, 0.15) is 12.5 Å². The summed E-state index contributed by atoms with van der Waals surface area (Å²) in [6.45, 7) is 5.09. The maximum Gasteiger partial charge on any atom is 0.0721 e. The molecule has 1 aromatic rings. The second-order valence-corrected chi connectivity index (χ2v) is 5.80. The van der Waals surface area contributed by atoms with Gasteiger partial charge in [-0.05, 0) is 22.6 Å². The van der Waals surface area contributed by atoms with Gasteiger partial charge < -0.3 is 9.47 Å². The molecule has 2 aliphatic rings. The van der Waals surface area contributed by atoms with Gasteiger partial charge in [0.2, 0.25) is 0 Å². The van der Waals surface area contributed by atoms with Gasteiger partial charge >= 0.3 is 0 Å². The lowest BCUT2D eigenvalue weighted by molar-refractivity contribution is 0.144.